The first-order valence-electron chi connectivity index (χ1n) is 11.5. The number of amides is 1. The topological polar surface area (TPSA) is 60.9 Å². The highest BCUT2D eigenvalue weighted by Crippen LogP contribution is 2.41. The van der Waals surface area contributed by atoms with E-state index in [4.69, 9.17) is 9.90 Å². The average Bonchev–Trinajstić information content (AvgIpc) is 3.49. The molecule has 5 nitrogen and oxygen atoms in total. The van der Waals surface area contributed by atoms with Crippen molar-refractivity contribution < 1.29 is 27.9 Å². The number of carbonyl (C=O) groups excluding carboxylic acids is 1. The maximum atomic E-state index is 12.6. The Balaban J connectivity index is 0.000000318. The summed E-state index contributed by atoms with van der Waals surface area (Å²) in [5.74, 6) is -0.514. The van der Waals surface area contributed by atoms with Crippen molar-refractivity contribution in [3.05, 3.63) is 0 Å². The van der Waals surface area contributed by atoms with Crippen LogP contribution in [-0.4, -0.2) is 64.7 Å². The van der Waals surface area contributed by atoms with Gasteiger partial charge in [-0.1, -0.05) is 19.3 Å². The van der Waals surface area contributed by atoms with Gasteiger partial charge in [0.15, 0.2) is 0 Å². The Morgan fingerprint density at radius 1 is 0.933 bits per heavy atom. The number of hydrogen-bond donors (Lipinski definition) is 1. The molecule has 0 aromatic carbocycles. The molecule has 30 heavy (non-hydrogen) atoms. The van der Waals surface area contributed by atoms with Crippen LogP contribution < -0.4 is 0 Å². The molecule has 2 aliphatic heterocycles. The summed E-state index contributed by atoms with van der Waals surface area (Å²) in [6.45, 7) is 4.89. The highest BCUT2D eigenvalue weighted by Gasteiger charge is 2.46. The van der Waals surface area contributed by atoms with Gasteiger partial charge in [-0.2, -0.15) is 13.2 Å². The number of hydrogen-bond acceptors (Lipinski definition) is 3. The molecule has 1 unspecified atom stereocenters. The monoisotopic (exact) mass is 432 g/mol. The van der Waals surface area contributed by atoms with Crippen LogP contribution in [-0.2, 0) is 9.59 Å². The van der Waals surface area contributed by atoms with Crippen LogP contribution in [0.3, 0.4) is 0 Å². The highest BCUT2D eigenvalue weighted by atomic mass is 19.4. The molecule has 172 valence electrons. The van der Waals surface area contributed by atoms with E-state index < -0.39 is 12.1 Å². The molecule has 4 fully saturated rings. The van der Waals surface area contributed by atoms with Crippen LogP contribution in [0.15, 0.2) is 0 Å². The zero-order valence-corrected chi connectivity index (χ0v) is 17.8. The van der Waals surface area contributed by atoms with Gasteiger partial charge in [0.05, 0.1) is 0 Å². The van der Waals surface area contributed by atoms with Crippen molar-refractivity contribution in [3.63, 3.8) is 0 Å². The molecule has 8 heteroatoms. The number of alkyl halides is 3. The van der Waals surface area contributed by atoms with Crippen molar-refractivity contribution in [2.75, 3.05) is 26.2 Å². The lowest BCUT2D eigenvalue weighted by Gasteiger charge is -2.41. The predicted molar refractivity (Wildman–Crippen MR) is 107 cm³/mol. The normalized spacial score (nSPS) is 28.9. The summed E-state index contributed by atoms with van der Waals surface area (Å²) in [7, 11) is 0. The highest BCUT2D eigenvalue weighted by molar-refractivity contribution is 5.79. The third-order valence-corrected chi connectivity index (χ3v) is 7.31. The van der Waals surface area contributed by atoms with Gasteiger partial charge in [-0.25, -0.2) is 4.79 Å². The minimum atomic E-state index is -5.08. The summed E-state index contributed by atoms with van der Waals surface area (Å²) in [4.78, 5) is 26.6. The molecule has 0 radical (unpaired) electrons. The molecule has 1 spiro atoms. The maximum absolute atomic E-state index is 12.6. The van der Waals surface area contributed by atoms with Crippen LogP contribution in [0.2, 0.25) is 0 Å². The number of nitrogens with zero attached hydrogens (tertiary/aromatic N) is 2. The summed E-state index contributed by atoms with van der Waals surface area (Å²) >= 11 is 0. The maximum Gasteiger partial charge on any atom is 0.490 e. The van der Waals surface area contributed by atoms with E-state index in [-0.39, 0.29) is 5.54 Å². The summed E-state index contributed by atoms with van der Waals surface area (Å²) in [6.07, 6.45) is 10.4. The molecule has 2 saturated carbocycles. The molecule has 4 aliphatic rings. The molecule has 2 saturated heterocycles. The number of halogens is 3. The van der Waals surface area contributed by atoms with Gasteiger partial charge in [0, 0.05) is 31.6 Å². The zero-order chi connectivity index (χ0) is 21.8. The number of carboxylic acids is 1. The SMILES string of the molecule is O=C(O)C(F)(F)F.O=C1CCC2(CCCN(CC3CC3)CC2)N1CC1CCCCC1. The average molecular weight is 433 g/mol. The number of carboxylic acid groups (broad SMARTS) is 1. The fraction of sp³-hybridized carbons (Fsp3) is 0.909. The van der Waals surface area contributed by atoms with Crippen molar-refractivity contribution in [1.29, 1.82) is 0 Å². The minimum Gasteiger partial charge on any atom is -0.475 e. The summed E-state index contributed by atoms with van der Waals surface area (Å²) in [5, 5.41) is 7.12. The van der Waals surface area contributed by atoms with Gasteiger partial charge in [-0.05, 0) is 69.7 Å². The van der Waals surface area contributed by atoms with E-state index in [0.717, 1.165) is 31.2 Å². The largest absolute Gasteiger partial charge is 0.490 e. The standard InChI is InChI=1S/C20H34N2O.C2HF3O2/c23-19-9-11-20(22(19)16-17-5-2-1-3-6-17)10-4-13-21(14-12-20)15-18-7-8-18;3-2(4,5)1(6)7/h17-18H,1-16H2;(H,6,7). The Bertz CT molecular complexity index is 603. The van der Waals surface area contributed by atoms with E-state index in [1.807, 2.05) is 0 Å². The minimum absolute atomic E-state index is 0.229. The third kappa shape index (κ3) is 6.34. The molecular weight excluding hydrogens is 397 g/mol. The number of carbonyl (C=O) groups is 2. The van der Waals surface area contributed by atoms with Crippen LogP contribution in [0.1, 0.15) is 77.0 Å². The van der Waals surface area contributed by atoms with Gasteiger partial charge in [0.2, 0.25) is 5.91 Å². The van der Waals surface area contributed by atoms with Crippen molar-refractivity contribution in [1.82, 2.24) is 9.80 Å². The molecule has 1 N–H and O–H groups in total. The molecule has 2 aliphatic carbocycles. The first-order valence-corrected chi connectivity index (χ1v) is 11.5. The summed E-state index contributed by atoms with van der Waals surface area (Å²) in [5.41, 5.74) is 0.229. The molecule has 0 aromatic heterocycles. The van der Waals surface area contributed by atoms with Gasteiger partial charge < -0.3 is 14.9 Å². The molecule has 2 heterocycles. The van der Waals surface area contributed by atoms with Gasteiger partial charge in [-0.3, -0.25) is 4.79 Å². The molecule has 1 atom stereocenters. The van der Waals surface area contributed by atoms with Crippen LogP contribution in [0, 0.1) is 11.8 Å². The fourth-order valence-electron chi connectivity index (χ4n) is 5.40. The van der Waals surface area contributed by atoms with Gasteiger partial charge in [0.25, 0.3) is 0 Å². The first kappa shape index (κ1) is 23.4. The van der Waals surface area contributed by atoms with Gasteiger partial charge in [-0.15, -0.1) is 0 Å². The van der Waals surface area contributed by atoms with E-state index in [2.05, 4.69) is 9.80 Å². The van der Waals surface area contributed by atoms with Crippen LogP contribution in [0.4, 0.5) is 13.2 Å². The van der Waals surface area contributed by atoms with E-state index in [9.17, 15) is 18.0 Å². The Labute approximate surface area is 177 Å². The molecule has 0 bridgehead atoms. The smallest absolute Gasteiger partial charge is 0.475 e. The second kappa shape index (κ2) is 9.88. The van der Waals surface area contributed by atoms with E-state index in [1.54, 1.807) is 0 Å². The lowest BCUT2D eigenvalue weighted by Crippen LogP contribution is -2.48. The van der Waals surface area contributed by atoms with E-state index >= 15 is 0 Å². The van der Waals surface area contributed by atoms with Crippen LogP contribution in [0.5, 0.6) is 0 Å². The Morgan fingerprint density at radius 3 is 2.17 bits per heavy atom. The Morgan fingerprint density at radius 2 is 1.57 bits per heavy atom. The Kier molecular flexibility index (Phi) is 7.69. The number of rotatable bonds is 4. The number of likely N-dealkylation sites (tertiary alicyclic amines) is 2. The van der Waals surface area contributed by atoms with Crippen molar-refractivity contribution in [3.8, 4) is 0 Å². The summed E-state index contributed by atoms with van der Waals surface area (Å²) in [6, 6.07) is 0. The summed E-state index contributed by atoms with van der Waals surface area (Å²) < 4.78 is 31.7. The number of aliphatic carboxylic acids is 1. The Hall–Kier alpha value is -1.31. The second-order valence-electron chi connectivity index (χ2n) is 9.63. The zero-order valence-electron chi connectivity index (χ0n) is 17.8. The van der Waals surface area contributed by atoms with Crippen molar-refractivity contribution >= 4 is 11.9 Å². The quantitative estimate of drug-likeness (QED) is 0.713. The van der Waals surface area contributed by atoms with Gasteiger partial charge in [0.1, 0.15) is 0 Å². The lowest BCUT2D eigenvalue weighted by molar-refractivity contribution is -0.192. The lowest BCUT2D eigenvalue weighted by atomic mass is 9.84. The van der Waals surface area contributed by atoms with Crippen molar-refractivity contribution in [2.45, 2.75) is 88.8 Å². The molecular formula is C22H35F3N2O3. The van der Waals surface area contributed by atoms with Gasteiger partial charge >= 0.3 is 12.1 Å². The third-order valence-electron chi connectivity index (χ3n) is 7.31. The second-order valence-corrected chi connectivity index (χ2v) is 9.63. The van der Waals surface area contributed by atoms with Crippen LogP contribution in [0.25, 0.3) is 0 Å². The fourth-order valence-corrected chi connectivity index (χ4v) is 5.40. The van der Waals surface area contributed by atoms with Crippen LogP contribution >= 0.6 is 0 Å². The van der Waals surface area contributed by atoms with E-state index in [0.29, 0.717) is 5.91 Å². The first-order chi connectivity index (χ1) is 14.2. The predicted octanol–water partition coefficient (Wildman–Crippen LogP) is 4.46. The molecule has 0 aromatic rings. The molecule has 4 rings (SSSR count). The van der Waals surface area contributed by atoms with Crippen molar-refractivity contribution in [2.24, 2.45) is 11.8 Å². The molecule has 1 amide bonds. The van der Waals surface area contributed by atoms with E-state index in [1.165, 1.54) is 83.8 Å².